The zero-order valence-corrected chi connectivity index (χ0v) is 13.2. The highest BCUT2D eigenvalue weighted by Crippen LogP contribution is 2.14. The third kappa shape index (κ3) is 4.63. The summed E-state index contributed by atoms with van der Waals surface area (Å²) in [5.74, 6) is 0. The van der Waals surface area contributed by atoms with Gasteiger partial charge in [-0.2, -0.15) is 0 Å². The molecule has 0 aliphatic carbocycles. The molecule has 1 aliphatic heterocycles. The first-order valence-corrected chi connectivity index (χ1v) is 8.66. The number of aromatic nitrogens is 1. The Balaban J connectivity index is 1.42. The van der Waals surface area contributed by atoms with Crippen molar-refractivity contribution in [2.75, 3.05) is 19.6 Å². The van der Waals surface area contributed by atoms with Gasteiger partial charge >= 0.3 is 0 Å². The summed E-state index contributed by atoms with van der Waals surface area (Å²) in [5, 5.41) is 6.99. The van der Waals surface area contributed by atoms with Crippen LogP contribution in [0.3, 0.4) is 0 Å². The molecule has 1 aromatic heterocycles. The van der Waals surface area contributed by atoms with E-state index in [1.807, 2.05) is 6.20 Å². The highest BCUT2D eigenvalue weighted by Gasteiger charge is 2.19. The molecule has 1 N–H and O–H groups in total. The van der Waals surface area contributed by atoms with Crippen LogP contribution in [0.15, 0.2) is 41.9 Å². The molecule has 0 amide bonds. The molecule has 1 atom stereocenters. The van der Waals surface area contributed by atoms with Crippen LogP contribution in [0.5, 0.6) is 0 Å². The van der Waals surface area contributed by atoms with Gasteiger partial charge in [0.15, 0.2) is 0 Å². The van der Waals surface area contributed by atoms with Gasteiger partial charge in [-0.05, 0) is 24.9 Å². The molecule has 1 saturated heterocycles. The molecule has 112 valence electrons. The fourth-order valence-corrected chi connectivity index (χ4v) is 3.59. The summed E-state index contributed by atoms with van der Waals surface area (Å²) < 4.78 is 0. The summed E-state index contributed by atoms with van der Waals surface area (Å²) in [5.41, 5.74) is 1.42. The van der Waals surface area contributed by atoms with E-state index in [1.165, 1.54) is 30.0 Å². The van der Waals surface area contributed by atoms with E-state index in [4.69, 9.17) is 0 Å². The molecule has 1 aromatic carbocycles. The zero-order chi connectivity index (χ0) is 14.3. The van der Waals surface area contributed by atoms with E-state index in [9.17, 15) is 0 Å². The van der Waals surface area contributed by atoms with Crippen molar-refractivity contribution >= 4 is 11.3 Å². The summed E-state index contributed by atoms with van der Waals surface area (Å²) in [6, 6.07) is 11.4. The summed E-state index contributed by atoms with van der Waals surface area (Å²) in [6.07, 6.45) is 5.53. The molecular weight excluding hydrogens is 278 g/mol. The summed E-state index contributed by atoms with van der Waals surface area (Å²) >= 11 is 1.75. The number of benzene rings is 1. The molecule has 0 radical (unpaired) electrons. The topological polar surface area (TPSA) is 28.2 Å². The second kappa shape index (κ2) is 7.69. The van der Waals surface area contributed by atoms with Crippen LogP contribution in [0, 0.1) is 0 Å². The molecule has 0 bridgehead atoms. The SMILES string of the molecule is c1ccc(CN2CCCC(NCCc3nccs3)C2)cc1. The lowest BCUT2D eigenvalue weighted by molar-refractivity contribution is 0.184. The second-order valence-electron chi connectivity index (χ2n) is 5.69. The highest BCUT2D eigenvalue weighted by molar-refractivity contribution is 7.09. The Labute approximate surface area is 131 Å². The predicted molar refractivity (Wildman–Crippen MR) is 88.6 cm³/mol. The van der Waals surface area contributed by atoms with Crippen molar-refractivity contribution in [2.24, 2.45) is 0 Å². The van der Waals surface area contributed by atoms with Gasteiger partial charge in [0, 0.05) is 43.7 Å². The van der Waals surface area contributed by atoms with Crippen molar-refractivity contribution in [1.82, 2.24) is 15.2 Å². The standard InChI is InChI=1S/C17H23N3S/c1-2-5-15(6-3-1)13-20-11-4-7-16(14-20)18-9-8-17-19-10-12-21-17/h1-3,5-6,10,12,16,18H,4,7-9,11,13-14H2. The maximum atomic E-state index is 4.34. The third-order valence-electron chi connectivity index (χ3n) is 4.01. The Morgan fingerprint density at radius 2 is 2.19 bits per heavy atom. The van der Waals surface area contributed by atoms with Crippen LogP contribution in [0.2, 0.25) is 0 Å². The van der Waals surface area contributed by atoms with Gasteiger partial charge in [0.2, 0.25) is 0 Å². The van der Waals surface area contributed by atoms with E-state index >= 15 is 0 Å². The van der Waals surface area contributed by atoms with Crippen LogP contribution in [0.25, 0.3) is 0 Å². The minimum atomic E-state index is 0.627. The van der Waals surface area contributed by atoms with Crippen LogP contribution in [0.1, 0.15) is 23.4 Å². The molecule has 21 heavy (non-hydrogen) atoms. The lowest BCUT2D eigenvalue weighted by Gasteiger charge is -2.33. The average Bonchev–Trinajstić information content (AvgIpc) is 3.02. The average molecular weight is 301 g/mol. The molecule has 0 saturated carbocycles. The van der Waals surface area contributed by atoms with Crippen molar-refractivity contribution in [3.63, 3.8) is 0 Å². The molecule has 3 nitrogen and oxygen atoms in total. The molecular formula is C17H23N3S. The maximum absolute atomic E-state index is 4.34. The number of likely N-dealkylation sites (tertiary alicyclic amines) is 1. The van der Waals surface area contributed by atoms with Crippen LogP contribution in [-0.4, -0.2) is 35.6 Å². The van der Waals surface area contributed by atoms with E-state index in [0.29, 0.717) is 6.04 Å². The van der Waals surface area contributed by atoms with Gasteiger partial charge in [-0.25, -0.2) is 4.98 Å². The van der Waals surface area contributed by atoms with Crippen LogP contribution >= 0.6 is 11.3 Å². The number of nitrogens with one attached hydrogen (secondary N) is 1. The molecule has 1 aliphatic rings. The second-order valence-corrected chi connectivity index (χ2v) is 6.67. The molecule has 3 rings (SSSR count). The highest BCUT2D eigenvalue weighted by atomic mass is 32.1. The smallest absolute Gasteiger partial charge is 0.0937 e. The van der Waals surface area contributed by atoms with Crippen molar-refractivity contribution in [3.05, 3.63) is 52.5 Å². The van der Waals surface area contributed by atoms with E-state index in [1.54, 1.807) is 11.3 Å². The fourth-order valence-electron chi connectivity index (χ4n) is 2.97. The lowest BCUT2D eigenvalue weighted by Crippen LogP contribution is -2.45. The van der Waals surface area contributed by atoms with Crippen molar-refractivity contribution in [3.8, 4) is 0 Å². The van der Waals surface area contributed by atoms with Crippen molar-refractivity contribution in [1.29, 1.82) is 0 Å². The van der Waals surface area contributed by atoms with Gasteiger partial charge in [-0.15, -0.1) is 11.3 Å². The molecule has 1 fully saturated rings. The number of hydrogen-bond acceptors (Lipinski definition) is 4. The number of nitrogens with zero attached hydrogens (tertiary/aromatic N) is 2. The number of thiazole rings is 1. The Hall–Kier alpha value is -1.23. The first-order valence-electron chi connectivity index (χ1n) is 7.78. The molecule has 0 spiro atoms. The van der Waals surface area contributed by atoms with E-state index in [-0.39, 0.29) is 0 Å². The summed E-state index contributed by atoms with van der Waals surface area (Å²) in [7, 11) is 0. The van der Waals surface area contributed by atoms with E-state index < -0.39 is 0 Å². The predicted octanol–water partition coefficient (Wildman–Crippen LogP) is 2.94. The first-order chi connectivity index (χ1) is 10.4. The molecule has 4 heteroatoms. The summed E-state index contributed by atoms with van der Waals surface area (Å²) in [4.78, 5) is 6.91. The quantitative estimate of drug-likeness (QED) is 0.889. The molecule has 1 unspecified atom stereocenters. The van der Waals surface area contributed by atoms with Gasteiger partial charge in [-0.3, -0.25) is 4.90 Å². The zero-order valence-electron chi connectivity index (χ0n) is 12.4. The lowest BCUT2D eigenvalue weighted by atomic mass is 10.0. The first kappa shape index (κ1) is 14.7. The fraction of sp³-hybridized carbons (Fsp3) is 0.471. The van der Waals surface area contributed by atoms with Crippen molar-refractivity contribution < 1.29 is 0 Å². The van der Waals surface area contributed by atoms with Gasteiger partial charge in [0.1, 0.15) is 0 Å². The molecule has 2 aromatic rings. The third-order valence-corrected chi connectivity index (χ3v) is 4.85. The van der Waals surface area contributed by atoms with Crippen LogP contribution < -0.4 is 5.32 Å². The van der Waals surface area contributed by atoms with E-state index in [0.717, 1.165) is 26.1 Å². The minimum absolute atomic E-state index is 0.627. The summed E-state index contributed by atoms with van der Waals surface area (Å²) in [6.45, 7) is 4.50. The minimum Gasteiger partial charge on any atom is -0.312 e. The van der Waals surface area contributed by atoms with Gasteiger partial charge in [0.25, 0.3) is 0 Å². The van der Waals surface area contributed by atoms with Crippen LogP contribution in [-0.2, 0) is 13.0 Å². The van der Waals surface area contributed by atoms with E-state index in [2.05, 4.69) is 50.9 Å². The monoisotopic (exact) mass is 301 g/mol. The van der Waals surface area contributed by atoms with Gasteiger partial charge < -0.3 is 5.32 Å². The maximum Gasteiger partial charge on any atom is 0.0937 e. The number of piperidine rings is 1. The Morgan fingerprint density at radius 3 is 3.00 bits per heavy atom. The molecule has 2 heterocycles. The van der Waals surface area contributed by atoms with Gasteiger partial charge in [0.05, 0.1) is 5.01 Å². The largest absolute Gasteiger partial charge is 0.312 e. The van der Waals surface area contributed by atoms with Gasteiger partial charge in [-0.1, -0.05) is 30.3 Å². The van der Waals surface area contributed by atoms with Crippen molar-refractivity contribution in [2.45, 2.75) is 31.8 Å². The Bertz CT molecular complexity index is 512. The normalized spacial score (nSPS) is 19.7. The number of rotatable bonds is 6. The number of hydrogen-bond donors (Lipinski definition) is 1. The van der Waals surface area contributed by atoms with Crippen LogP contribution in [0.4, 0.5) is 0 Å². The Morgan fingerprint density at radius 1 is 1.29 bits per heavy atom. The Kier molecular flexibility index (Phi) is 5.38.